The van der Waals surface area contributed by atoms with E-state index in [1.165, 1.54) is 11.3 Å². The smallest absolute Gasteiger partial charge is 0.225 e. The Hall–Kier alpha value is -2.23. The van der Waals surface area contributed by atoms with Gasteiger partial charge in [0.05, 0.1) is 17.3 Å². The van der Waals surface area contributed by atoms with E-state index in [1.807, 2.05) is 30.5 Å². The van der Waals surface area contributed by atoms with E-state index in [1.54, 1.807) is 17.9 Å². The van der Waals surface area contributed by atoms with Crippen molar-refractivity contribution in [1.29, 1.82) is 5.26 Å². The third-order valence-corrected chi connectivity index (χ3v) is 4.07. The topological polar surface area (TPSA) is 69.0 Å². The van der Waals surface area contributed by atoms with Gasteiger partial charge in [0.1, 0.15) is 0 Å². The van der Waals surface area contributed by atoms with Gasteiger partial charge in [0.2, 0.25) is 5.91 Å². The minimum atomic E-state index is 0.00433. The lowest BCUT2D eigenvalue weighted by Crippen LogP contribution is -2.27. The van der Waals surface area contributed by atoms with E-state index in [0.29, 0.717) is 25.2 Å². The highest BCUT2D eigenvalue weighted by Crippen LogP contribution is 2.20. The van der Waals surface area contributed by atoms with Crippen LogP contribution in [0.3, 0.4) is 0 Å². The molecular weight excluding hydrogens is 296 g/mol. The summed E-state index contributed by atoms with van der Waals surface area (Å²) in [6, 6.07) is 9.65. The SMILES string of the molecule is CCN(C(C)=O)c1nc(CNCc2cccc(C#N)c2)cs1. The summed E-state index contributed by atoms with van der Waals surface area (Å²) >= 11 is 1.47. The second-order valence-electron chi connectivity index (χ2n) is 4.80. The molecule has 1 N–H and O–H groups in total. The normalized spacial score (nSPS) is 10.2. The molecule has 1 amide bonds. The molecule has 0 atom stereocenters. The summed E-state index contributed by atoms with van der Waals surface area (Å²) in [4.78, 5) is 17.6. The van der Waals surface area contributed by atoms with E-state index >= 15 is 0 Å². The molecule has 5 nitrogen and oxygen atoms in total. The van der Waals surface area contributed by atoms with Crippen LogP contribution < -0.4 is 10.2 Å². The van der Waals surface area contributed by atoms with Gasteiger partial charge in [-0.05, 0) is 24.6 Å². The number of aromatic nitrogens is 1. The Morgan fingerprint density at radius 1 is 1.45 bits per heavy atom. The number of benzene rings is 1. The first-order valence-electron chi connectivity index (χ1n) is 7.06. The zero-order chi connectivity index (χ0) is 15.9. The lowest BCUT2D eigenvalue weighted by Gasteiger charge is -2.14. The number of rotatable bonds is 6. The van der Waals surface area contributed by atoms with Crippen LogP contribution in [0.2, 0.25) is 0 Å². The molecule has 6 heteroatoms. The zero-order valence-corrected chi connectivity index (χ0v) is 13.5. The molecule has 2 rings (SSSR count). The highest BCUT2D eigenvalue weighted by Gasteiger charge is 2.13. The molecule has 0 aliphatic carbocycles. The summed E-state index contributed by atoms with van der Waals surface area (Å²) in [5.74, 6) is 0.00433. The lowest BCUT2D eigenvalue weighted by molar-refractivity contribution is -0.116. The number of nitrogens with one attached hydrogen (secondary N) is 1. The van der Waals surface area contributed by atoms with Gasteiger partial charge < -0.3 is 5.32 Å². The first kappa shape index (κ1) is 16.1. The van der Waals surface area contributed by atoms with Crippen molar-refractivity contribution in [3.05, 3.63) is 46.5 Å². The minimum Gasteiger partial charge on any atom is -0.307 e. The molecule has 0 radical (unpaired) electrons. The molecule has 2 aromatic rings. The fraction of sp³-hybridized carbons (Fsp3) is 0.312. The second kappa shape index (κ2) is 7.69. The molecule has 0 aliphatic rings. The number of nitriles is 1. The maximum atomic E-state index is 11.5. The lowest BCUT2D eigenvalue weighted by atomic mass is 10.1. The Morgan fingerprint density at radius 2 is 2.27 bits per heavy atom. The molecule has 114 valence electrons. The average molecular weight is 314 g/mol. The van der Waals surface area contributed by atoms with Crippen LogP contribution in [-0.2, 0) is 17.9 Å². The molecular formula is C16H18N4OS. The van der Waals surface area contributed by atoms with Crippen LogP contribution in [-0.4, -0.2) is 17.4 Å². The molecule has 0 bridgehead atoms. The zero-order valence-electron chi connectivity index (χ0n) is 12.7. The molecule has 0 saturated carbocycles. The Morgan fingerprint density at radius 3 is 2.95 bits per heavy atom. The summed E-state index contributed by atoms with van der Waals surface area (Å²) < 4.78 is 0. The predicted octanol–water partition coefficient (Wildman–Crippen LogP) is 2.68. The summed E-state index contributed by atoms with van der Waals surface area (Å²) in [6.07, 6.45) is 0. The number of carbonyl (C=O) groups excluding carboxylic acids is 1. The highest BCUT2D eigenvalue weighted by molar-refractivity contribution is 7.14. The number of amides is 1. The van der Waals surface area contributed by atoms with Gasteiger partial charge in [0.15, 0.2) is 5.13 Å². The average Bonchev–Trinajstić information content (AvgIpc) is 2.96. The molecule has 22 heavy (non-hydrogen) atoms. The van der Waals surface area contributed by atoms with Crippen LogP contribution in [0.4, 0.5) is 5.13 Å². The van der Waals surface area contributed by atoms with Gasteiger partial charge in [0, 0.05) is 31.9 Å². The summed E-state index contributed by atoms with van der Waals surface area (Å²) in [5.41, 5.74) is 2.64. The van der Waals surface area contributed by atoms with Crippen LogP contribution in [0.1, 0.15) is 30.7 Å². The quantitative estimate of drug-likeness (QED) is 0.890. The molecule has 0 unspecified atom stereocenters. The summed E-state index contributed by atoms with van der Waals surface area (Å²) in [7, 11) is 0. The number of anilines is 1. The van der Waals surface area contributed by atoms with E-state index in [-0.39, 0.29) is 5.91 Å². The van der Waals surface area contributed by atoms with Crippen molar-refractivity contribution in [2.75, 3.05) is 11.4 Å². The van der Waals surface area contributed by atoms with Crippen molar-refractivity contribution in [3.63, 3.8) is 0 Å². The molecule has 1 heterocycles. The maximum absolute atomic E-state index is 11.5. The number of nitrogens with zero attached hydrogens (tertiary/aromatic N) is 3. The van der Waals surface area contributed by atoms with Crippen LogP contribution in [0.15, 0.2) is 29.6 Å². The number of thiazole rings is 1. The molecule has 1 aromatic heterocycles. The van der Waals surface area contributed by atoms with Crippen molar-refractivity contribution >= 4 is 22.4 Å². The van der Waals surface area contributed by atoms with Crippen LogP contribution in [0, 0.1) is 11.3 Å². The van der Waals surface area contributed by atoms with Gasteiger partial charge in [-0.2, -0.15) is 5.26 Å². The van der Waals surface area contributed by atoms with Crippen molar-refractivity contribution < 1.29 is 4.79 Å². The Balaban J connectivity index is 1.91. The molecule has 0 fully saturated rings. The van der Waals surface area contributed by atoms with Crippen molar-refractivity contribution in [3.8, 4) is 6.07 Å². The maximum Gasteiger partial charge on any atom is 0.225 e. The van der Waals surface area contributed by atoms with Crippen molar-refractivity contribution in [2.24, 2.45) is 0 Å². The fourth-order valence-corrected chi connectivity index (χ4v) is 3.01. The Bertz CT molecular complexity index is 689. The highest BCUT2D eigenvalue weighted by atomic mass is 32.1. The number of hydrogen-bond acceptors (Lipinski definition) is 5. The van der Waals surface area contributed by atoms with E-state index < -0.39 is 0 Å². The van der Waals surface area contributed by atoms with Crippen molar-refractivity contribution in [1.82, 2.24) is 10.3 Å². The third-order valence-electron chi connectivity index (χ3n) is 3.16. The van der Waals surface area contributed by atoms with Gasteiger partial charge >= 0.3 is 0 Å². The molecule has 0 saturated heterocycles. The van der Waals surface area contributed by atoms with Crippen molar-refractivity contribution in [2.45, 2.75) is 26.9 Å². The molecule has 0 aliphatic heterocycles. The van der Waals surface area contributed by atoms with E-state index in [0.717, 1.165) is 16.4 Å². The minimum absolute atomic E-state index is 0.00433. The van der Waals surface area contributed by atoms with Crippen LogP contribution in [0.25, 0.3) is 0 Å². The van der Waals surface area contributed by atoms with Gasteiger partial charge in [-0.3, -0.25) is 9.69 Å². The van der Waals surface area contributed by atoms with Gasteiger partial charge in [-0.25, -0.2) is 4.98 Å². The Kier molecular flexibility index (Phi) is 5.64. The van der Waals surface area contributed by atoms with Gasteiger partial charge in [-0.15, -0.1) is 11.3 Å². The first-order valence-corrected chi connectivity index (χ1v) is 7.94. The van der Waals surface area contributed by atoms with Gasteiger partial charge in [-0.1, -0.05) is 12.1 Å². The van der Waals surface area contributed by atoms with Crippen LogP contribution >= 0.6 is 11.3 Å². The summed E-state index contributed by atoms with van der Waals surface area (Å²) in [6.45, 7) is 5.40. The van der Waals surface area contributed by atoms with Crippen LogP contribution in [0.5, 0.6) is 0 Å². The number of carbonyl (C=O) groups is 1. The van der Waals surface area contributed by atoms with E-state index in [4.69, 9.17) is 5.26 Å². The second-order valence-corrected chi connectivity index (χ2v) is 5.64. The fourth-order valence-electron chi connectivity index (χ4n) is 2.08. The first-order chi connectivity index (χ1) is 10.6. The van der Waals surface area contributed by atoms with E-state index in [9.17, 15) is 4.79 Å². The number of hydrogen-bond donors (Lipinski definition) is 1. The standard InChI is InChI=1S/C16H18N4OS/c1-3-20(12(2)21)16-19-15(11-22-16)10-18-9-14-6-4-5-13(7-14)8-17/h4-7,11,18H,3,9-10H2,1-2H3. The van der Waals surface area contributed by atoms with Gasteiger partial charge in [0.25, 0.3) is 0 Å². The largest absolute Gasteiger partial charge is 0.307 e. The third kappa shape index (κ3) is 4.13. The Labute approximate surface area is 134 Å². The monoisotopic (exact) mass is 314 g/mol. The predicted molar refractivity (Wildman–Crippen MR) is 87.5 cm³/mol. The summed E-state index contributed by atoms with van der Waals surface area (Å²) in [5, 5.41) is 14.9. The molecule has 1 aromatic carbocycles. The molecule has 0 spiro atoms. The van der Waals surface area contributed by atoms with E-state index in [2.05, 4.69) is 16.4 Å².